The number of fused-ring (bicyclic) bond motifs is 3. The lowest BCUT2D eigenvalue weighted by atomic mass is 9.93. The highest BCUT2D eigenvalue weighted by molar-refractivity contribution is 6.25. The Morgan fingerprint density at radius 2 is 0.717 bits per heavy atom. The Labute approximate surface area is 348 Å². The van der Waals surface area contributed by atoms with Gasteiger partial charge in [-0.3, -0.25) is 0 Å². The van der Waals surface area contributed by atoms with Crippen molar-refractivity contribution in [3.05, 3.63) is 231 Å². The monoisotopic (exact) mass is 762 g/mol. The maximum atomic E-state index is 2.47. The average Bonchev–Trinajstić information content (AvgIpc) is 3.65. The van der Waals surface area contributed by atoms with Gasteiger partial charge in [0.1, 0.15) is 0 Å². The average molecular weight is 763 g/mol. The molecule has 0 atom stereocenters. The Morgan fingerprint density at radius 3 is 1.32 bits per heavy atom. The highest BCUT2D eigenvalue weighted by atomic mass is 15.1. The Kier molecular flexibility index (Phi) is 7.89. The second-order valence-corrected chi connectivity index (χ2v) is 15.7. The molecule has 2 heteroatoms. The zero-order chi connectivity index (χ0) is 39.6. The molecule has 0 amide bonds. The molecule has 0 N–H and O–H groups in total. The summed E-state index contributed by atoms with van der Waals surface area (Å²) in [6, 6.07) is 84.1. The normalized spacial score (nSPS) is 11.7. The fourth-order valence-electron chi connectivity index (χ4n) is 9.44. The van der Waals surface area contributed by atoms with Gasteiger partial charge in [0, 0.05) is 33.2 Å². The van der Waals surface area contributed by atoms with Crippen molar-refractivity contribution in [1.29, 1.82) is 0 Å². The molecule has 1 aromatic heterocycles. The number of hydrogen-bond donors (Lipinski definition) is 0. The molecule has 0 fully saturated rings. The van der Waals surface area contributed by atoms with Gasteiger partial charge >= 0.3 is 0 Å². The van der Waals surface area contributed by atoms with Crippen LogP contribution in [0.4, 0.5) is 17.1 Å². The third kappa shape index (κ3) is 5.57. The summed E-state index contributed by atoms with van der Waals surface area (Å²) in [5.74, 6) is 0. The first kappa shape index (κ1) is 34.1. The summed E-state index contributed by atoms with van der Waals surface area (Å²) in [5, 5.41) is 10.3. The maximum absolute atomic E-state index is 2.47. The van der Waals surface area contributed by atoms with Crippen molar-refractivity contribution in [2.75, 3.05) is 4.90 Å². The van der Waals surface area contributed by atoms with E-state index < -0.39 is 0 Å². The highest BCUT2D eigenvalue weighted by Gasteiger charge is 2.18. The van der Waals surface area contributed by atoms with Crippen LogP contribution in [-0.4, -0.2) is 4.57 Å². The molecule has 0 bridgehead atoms. The lowest BCUT2D eigenvalue weighted by molar-refractivity contribution is 1.20. The van der Waals surface area contributed by atoms with Crippen LogP contribution in [0.15, 0.2) is 231 Å². The SMILES string of the molecule is c1ccc(-c2ccc(N(c3ccc(-c4ccccc4)cc3)c3ccc(-c4ccc5c(c4)c4ccccc4n5-c4ccc5ccc6cccc7ccc4c5c67)cc3)cc2)cc1. The molecule has 0 aliphatic heterocycles. The third-order valence-corrected chi connectivity index (χ3v) is 12.3. The van der Waals surface area contributed by atoms with E-state index in [1.54, 1.807) is 0 Å². The summed E-state index contributed by atoms with van der Waals surface area (Å²) in [5.41, 5.74) is 14.1. The lowest BCUT2D eigenvalue weighted by Crippen LogP contribution is -2.09. The Bertz CT molecular complexity index is 3390. The molecule has 11 aromatic carbocycles. The van der Waals surface area contributed by atoms with Gasteiger partial charge in [-0.15, -0.1) is 0 Å². The van der Waals surface area contributed by atoms with Crippen LogP contribution in [0.1, 0.15) is 0 Å². The van der Waals surface area contributed by atoms with E-state index in [4.69, 9.17) is 0 Å². The molecule has 12 aromatic rings. The van der Waals surface area contributed by atoms with Crippen LogP contribution >= 0.6 is 0 Å². The van der Waals surface area contributed by atoms with E-state index in [1.807, 2.05) is 0 Å². The van der Waals surface area contributed by atoms with Gasteiger partial charge in [0.15, 0.2) is 0 Å². The number of hydrogen-bond acceptors (Lipinski definition) is 1. The van der Waals surface area contributed by atoms with Gasteiger partial charge in [-0.25, -0.2) is 0 Å². The molecule has 2 nitrogen and oxygen atoms in total. The van der Waals surface area contributed by atoms with Crippen LogP contribution in [0.5, 0.6) is 0 Å². The molecule has 0 unspecified atom stereocenters. The molecule has 0 saturated heterocycles. The number of benzene rings is 11. The summed E-state index contributed by atoms with van der Waals surface area (Å²) in [4.78, 5) is 2.35. The molecule has 0 spiro atoms. The summed E-state index contributed by atoms with van der Waals surface area (Å²) in [6.45, 7) is 0. The molecule has 12 rings (SSSR count). The van der Waals surface area contributed by atoms with Crippen LogP contribution in [0.3, 0.4) is 0 Å². The van der Waals surface area contributed by atoms with Crippen LogP contribution in [-0.2, 0) is 0 Å². The minimum atomic E-state index is 1.10. The van der Waals surface area contributed by atoms with Crippen molar-refractivity contribution < 1.29 is 0 Å². The molecule has 1 heterocycles. The predicted octanol–water partition coefficient (Wildman–Crippen LogP) is 16.2. The highest BCUT2D eigenvalue weighted by Crippen LogP contribution is 2.42. The first-order valence-corrected chi connectivity index (χ1v) is 20.7. The number of nitrogens with zero attached hydrogens (tertiary/aromatic N) is 2. The Hall–Kier alpha value is -7.94. The van der Waals surface area contributed by atoms with Crippen molar-refractivity contribution in [2.24, 2.45) is 0 Å². The standard InChI is InChI=1S/C58H38N2/c1-3-10-39(11-4-1)41-20-29-48(30-21-41)59(49-31-22-42(23-32-49)40-12-5-2-6-13-40)50-33-24-43(25-34-50)47-28-37-56-53(38-47)51-16-7-8-17-54(51)60(56)55-36-27-46-19-18-44-14-9-15-45-26-35-52(55)58(46)57(44)45/h1-38H. The summed E-state index contributed by atoms with van der Waals surface area (Å²) < 4.78 is 2.47. The van der Waals surface area contributed by atoms with E-state index in [-0.39, 0.29) is 0 Å². The summed E-state index contributed by atoms with van der Waals surface area (Å²) in [6.07, 6.45) is 0. The molecular weight excluding hydrogens is 725 g/mol. The second-order valence-electron chi connectivity index (χ2n) is 15.7. The Morgan fingerprint density at radius 1 is 0.267 bits per heavy atom. The molecule has 0 aliphatic rings. The summed E-state index contributed by atoms with van der Waals surface area (Å²) in [7, 11) is 0. The lowest BCUT2D eigenvalue weighted by Gasteiger charge is -2.26. The molecule has 0 saturated carbocycles. The quantitative estimate of drug-likeness (QED) is 0.147. The van der Waals surface area contributed by atoms with Crippen LogP contribution < -0.4 is 4.90 Å². The van der Waals surface area contributed by atoms with Crippen LogP contribution in [0.2, 0.25) is 0 Å². The van der Waals surface area contributed by atoms with Crippen molar-refractivity contribution >= 4 is 71.2 Å². The van der Waals surface area contributed by atoms with Crippen LogP contribution in [0, 0.1) is 0 Å². The van der Waals surface area contributed by atoms with E-state index in [0.717, 1.165) is 17.1 Å². The zero-order valence-electron chi connectivity index (χ0n) is 32.8. The predicted molar refractivity (Wildman–Crippen MR) is 255 cm³/mol. The van der Waals surface area contributed by atoms with Gasteiger partial charge in [0.2, 0.25) is 0 Å². The number of anilines is 3. The number of para-hydroxylation sites is 1. The van der Waals surface area contributed by atoms with Gasteiger partial charge in [-0.1, -0.05) is 170 Å². The first-order valence-electron chi connectivity index (χ1n) is 20.7. The van der Waals surface area contributed by atoms with Gasteiger partial charge < -0.3 is 9.47 Å². The smallest absolute Gasteiger partial charge is 0.0541 e. The molecule has 60 heavy (non-hydrogen) atoms. The van der Waals surface area contributed by atoms with E-state index >= 15 is 0 Å². The molecular formula is C58H38N2. The van der Waals surface area contributed by atoms with E-state index in [1.165, 1.54) is 93.2 Å². The van der Waals surface area contributed by atoms with Crippen molar-refractivity contribution in [2.45, 2.75) is 0 Å². The van der Waals surface area contributed by atoms with Crippen molar-refractivity contribution in [3.63, 3.8) is 0 Å². The van der Waals surface area contributed by atoms with Gasteiger partial charge in [0.25, 0.3) is 0 Å². The van der Waals surface area contributed by atoms with E-state index in [9.17, 15) is 0 Å². The van der Waals surface area contributed by atoms with Crippen LogP contribution in [0.25, 0.3) is 93.2 Å². The largest absolute Gasteiger partial charge is 0.311 e. The minimum absolute atomic E-state index is 1.10. The summed E-state index contributed by atoms with van der Waals surface area (Å²) >= 11 is 0. The van der Waals surface area contributed by atoms with E-state index in [0.29, 0.717) is 0 Å². The molecule has 280 valence electrons. The topological polar surface area (TPSA) is 8.17 Å². The van der Waals surface area contributed by atoms with Crippen molar-refractivity contribution in [1.82, 2.24) is 4.57 Å². The fourth-order valence-corrected chi connectivity index (χ4v) is 9.44. The zero-order valence-corrected chi connectivity index (χ0v) is 32.8. The van der Waals surface area contributed by atoms with Crippen molar-refractivity contribution in [3.8, 4) is 39.1 Å². The van der Waals surface area contributed by atoms with Gasteiger partial charge in [-0.05, 0) is 121 Å². The molecule has 0 aliphatic carbocycles. The van der Waals surface area contributed by atoms with Gasteiger partial charge in [0.05, 0.1) is 16.7 Å². The minimum Gasteiger partial charge on any atom is -0.311 e. The van der Waals surface area contributed by atoms with E-state index in [2.05, 4.69) is 240 Å². The second kappa shape index (κ2) is 13.9. The van der Waals surface area contributed by atoms with Gasteiger partial charge in [-0.2, -0.15) is 0 Å². The fraction of sp³-hybridized carbons (Fsp3) is 0. The third-order valence-electron chi connectivity index (χ3n) is 12.3. The first-order chi connectivity index (χ1) is 29.7. The Balaban J connectivity index is 0.947. The molecule has 0 radical (unpaired) electrons. The maximum Gasteiger partial charge on any atom is 0.0541 e. The number of aromatic nitrogens is 1. The number of rotatable bonds is 7.